The van der Waals surface area contributed by atoms with Crippen LogP contribution in [0.1, 0.15) is 56.3 Å². The van der Waals surface area contributed by atoms with Crippen LogP contribution in [-0.4, -0.2) is 77.9 Å². The summed E-state index contributed by atoms with van der Waals surface area (Å²) >= 11 is 0. The van der Waals surface area contributed by atoms with Gasteiger partial charge < -0.3 is 25.2 Å². The van der Waals surface area contributed by atoms with Gasteiger partial charge in [-0.1, -0.05) is 12.1 Å². The lowest BCUT2D eigenvalue weighted by Crippen LogP contribution is -2.56. The molecule has 2 aromatic heterocycles. The van der Waals surface area contributed by atoms with E-state index in [-0.39, 0.29) is 30.4 Å². The first-order valence-electron chi connectivity index (χ1n) is 14.1. The topological polar surface area (TPSA) is 92.2 Å². The Kier molecular flexibility index (Phi) is 6.93. The molecule has 3 aliphatic heterocycles. The lowest BCUT2D eigenvalue weighted by Gasteiger charge is -2.41. The standard InChI is InChI=1S/C29H38FN7O2/c1-29(20-8-10-21(30)11-9-20)19-39-14-6-5-12-34(2)27-16-25(35-17-22(31)18-35)32-26-15-23(33-37(26)27)24-7-3-4-13-36(24)28(29)38/h8-11,15-16,22,24H,3-7,12-14,17-19,31H2,1-2H3. The third kappa shape index (κ3) is 4.84. The van der Waals surface area contributed by atoms with Crippen molar-refractivity contribution in [2.75, 3.05) is 56.2 Å². The van der Waals surface area contributed by atoms with E-state index in [1.807, 2.05) is 22.4 Å². The van der Waals surface area contributed by atoms with Crippen LogP contribution in [0.3, 0.4) is 0 Å². The Morgan fingerprint density at radius 1 is 1.08 bits per heavy atom. The maximum absolute atomic E-state index is 14.4. The summed E-state index contributed by atoms with van der Waals surface area (Å²) in [5, 5.41) is 5.06. The van der Waals surface area contributed by atoms with Crippen molar-refractivity contribution in [2.45, 2.75) is 56.5 Å². The molecule has 0 saturated carbocycles. The van der Waals surface area contributed by atoms with Crippen molar-refractivity contribution in [1.82, 2.24) is 19.5 Å². The molecule has 0 aliphatic carbocycles. The molecule has 1 aromatic carbocycles. The maximum atomic E-state index is 14.4. The monoisotopic (exact) mass is 535 g/mol. The third-order valence-corrected chi connectivity index (χ3v) is 8.52. The van der Waals surface area contributed by atoms with E-state index in [1.165, 1.54) is 12.1 Å². The quantitative estimate of drug-likeness (QED) is 0.539. The van der Waals surface area contributed by atoms with Crippen molar-refractivity contribution in [2.24, 2.45) is 5.73 Å². The highest BCUT2D eigenvalue weighted by Crippen LogP contribution is 2.37. The molecule has 10 heteroatoms. The largest absolute Gasteiger partial charge is 0.380 e. The summed E-state index contributed by atoms with van der Waals surface area (Å²) < 4.78 is 21.9. The average Bonchev–Trinajstić information content (AvgIpc) is 3.36. The molecule has 0 radical (unpaired) electrons. The lowest BCUT2D eigenvalue weighted by atomic mass is 9.80. The Morgan fingerprint density at radius 2 is 1.85 bits per heavy atom. The minimum absolute atomic E-state index is 0.00806. The summed E-state index contributed by atoms with van der Waals surface area (Å²) in [6.45, 7) is 5.77. The molecule has 3 aromatic rings. The van der Waals surface area contributed by atoms with Gasteiger partial charge >= 0.3 is 0 Å². The van der Waals surface area contributed by atoms with Crippen molar-refractivity contribution in [3.63, 3.8) is 0 Å². The fourth-order valence-electron chi connectivity index (χ4n) is 6.09. The van der Waals surface area contributed by atoms with Crippen molar-refractivity contribution in [3.05, 3.63) is 53.5 Å². The number of hydrogen-bond acceptors (Lipinski definition) is 7. The molecule has 2 fully saturated rings. The molecular formula is C29H38FN7O2. The molecule has 2 saturated heterocycles. The van der Waals surface area contributed by atoms with E-state index in [2.05, 4.69) is 22.9 Å². The van der Waals surface area contributed by atoms with E-state index < -0.39 is 5.41 Å². The first-order chi connectivity index (χ1) is 18.8. The van der Waals surface area contributed by atoms with Crippen molar-refractivity contribution in [3.8, 4) is 0 Å². The third-order valence-electron chi connectivity index (χ3n) is 8.52. The molecule has 9 nitrogen and oxygen atoms in total. The average molecular weight is 536 g/mol. The number of amides is 1. The van der Waals surface area contributed by atoms with Crippen LogP contribution >= 0.6 is 0 Å². The molecule has 2 atom stereocenters. The fourth-order valence-corrected chi connectivity index (χ4v) is 6.09. The summed E-state index contributed by atoms with van der Waals surface area (Å²) in [6.07, 6.45) is 4.56. The van der Waals surface area contributed by atoms with Gasteiger partial charge in [-0.2, -0.15) is 9.61 Å². The van der Waals surface area contributed by atoms with Crippen LogP contribution in [0.2, 0.25) is 0 Å². The summed E-state index contributed by atoms with van der Waals surface area (Å²) in [5.41, 5.74) is 7.52. The molecule has 39 heavy (non-hydrogen) atoms. The molecule has 3 aliphatic rings. The van der Waals surface area contributed by atoms with Gasteiger partial charge in [0.2, 0.25) is 5.91 Å². The molecule has 0 spiro atoms. The van der Waals surface area contributed by atoms with Crippen molar-refractivity contribution in [1.29, 1.82) is 0 Å². The van der Waals surface area contributed by atoms with E-state index in [4.69, 9.17) is 20.6 Å². The molecule has 6 rings (SSSR count). The summed E-state index contributed by atoms with van der Waals surface area (Å²) in [5.74, 6) is 1.55. The molecule has 5 heterocycles. The number of piperidine rings is 1. The van der Waals surface area contributed by atoms with E-state index in [1.54, 1.807) is 12.1 Å². The highest BCUT2D eigenvalue weighted by atomic mass is 19.1. The second-order valence-corrected chi connectivity index (χ2v) is 11.5. The molecule has 1 amide bonds. The number of nitrogens with zero attached hydrogens (tertiary/aromatic N) is 6. The normalized spacial score (nSPS) is 25.4. The highest BCUT2D eigenvalue weighted by Gasteiger charge is 2.43. The smallest absolute Gasteiger partial charge is 0.235 e. The second-order valence-electron chi connectivity index (χ2n) is 11.5. The van der Waals surface area contributed by atoms with Gasteiger partial charge in [-0.15, -0.1) is 0 Å². The van der Waals surface area contributed by atoms with Crippen molar-refractivity contribution < 1.29 is 13.9 Å². The molecule has 2 bridgehead atoms. The highest BCUT2D eigenvalue weighted by molar-refractivity contribution is 5.88. The summed E-state index contributed by atoms with van der Waals surface area (Å²) in [4.78, 5) is 25.7. The van der Waals surface area contributed by atoms with Gasteiger partial charge in [-0.3, -0.25) is 4.79 Å². The van der Waals surface area contributed by atoms with Crippen LogP contribution in [0.25, 0.3) is 5.65 Å². The van der Waals surface area contributed by atoms with E-state index in [0.29, 0.717) is 13.2 Å². The number of anilines is 2. The van der Waals surface area contributed by atoms with Gasteiger partial charge in [-0.05, 0) is 56.7 Å². The minimum Gasteiger partial charge on any atom is -0.380 e. The number of carbonyl (C=O) groups excluding carboxylic acids is 1. The first-order valence-corrected chi connectivity index (χ1v) is 14.1. The summed E-state index contributed by atoms with van der Waals surface area (Å²) in [6, 6.07) is 10.4. The fraction of sp³-hybridized carbons (Fsp3) is 0.552. The number of benzene rings is 1. The van der Waals surface area contributed by atoms with Crippen LogP contribution in [0.4, 0.5) is 16.0 Å². The van der Waals surface area contributed by atoms with E-state index in [9.17, 15) is 9.18 Å². The molecule has 2 unspecified atom stereocenters. The Morgan fingerprint density at radius 3 is 2.62 bits per heavy atom. The number of rotatable bonds is 2. The second kappa shape index (κ2) is 10.4. The zero-order valence-corrected chi connectivity index (χ0v) is 22.9. The molecule has 208 valence electrons. The number of aromatic nitrogens is 3. The van der Waals surface area contributed by atoms with Gasteiger partial charge in [0.25, 0.3) is 0 Å². The van der Waals surface area contributed by atoms with Crippen LogP contribution < -0.4 is 15.5 Å². The zero-order valence-electron chi connectivity index (χ0n) is 22.9. The van der Waals surface area contributed by atoms with Crippen LogP contribution in [-0.2, 0) is 14.9 Å². The summed E-state index contributed by atoms with van der Waals surface area (Å²) in [7, 11) is 2.09. The van der Waals surface area contributed by atoms with Gasteiger partial charge in [-0.25, -0.2) is 9.37 Å². The van der Waals surface area contributed by atoms with Gasteiger partial charge in [0.05, 0.1) is 23.8 Å². The SMILES string of the molecule is CN1CCCCOCC(C)(c2ccc(F)cc2)C(=O)N2CCCCC2c2cc3nc(N4CC(N)C4)cc1n3n2. The first kappa shape index (κ1) is 26.0. The van der Waals surface area contributed by atoms with Gasteiger partial charge in [0.15, 0.2) is 5.65 Å². The van der Waals surface area contributed by atoms with Crippen molar-refractivity contribution >= 4 is 23.2 Å². The maximum Gasteiger partial charge on any atom is 0.235 e. The number of nitrogens with two attached hydrogens (primary N) is 1. The number of hydrogen-bond donors (Lipinski definition) is 1. The predicted octanol–water partition coefficient (Wildman–Crippen LogP) is 3.27. The van der Waals surface area contributed by atoms with Crippen LogP contribution in [0, 0.1) is 5.82 Å². The van der Waals surface area contributed by atoms with Gasteiger partial charge in [0, 0.05) is 58.0 Å². The Balaban J connectivity index is 1.43. The van der Waals surface area contributed by atoms with E-state index in [0.717, 1.165) is 80.3 Å². The van der Waals surface area contributed by atoms with E-state index >= 15 is 0 Å². The lowest BCUT2D eigenvalue weighted by molar-refractivity contribution is -0.143. The minimum atomic E-state index is -0.938. The number of fused-ring (bicyclic) bond motifs is 3. The number of carbonyl (C=O) groups is 1. The number of halogens is 1. The Hall–Kier alpha value is -3.24. The molecular weight excluding hydrogens is 497 g/mol. The Labute approximate surface area is 228 Å². The zero-order chi connectivity index (χ0) is 27.1. The molecule has 2 N–H and O–H groups in total. The number of ether oxygens (including phenoxy) is 1. The predicted molar refractivity (Wildman–Crippen MR) is 149 cm³/mol. The van der Waals surface area contributed by atoms with Crippen LogP contribution in [0.5, 0.6) is 0 Å². The van der Waals surface area contributed by atoms with Gasteiger partial charge in [0.1, 0.15) is 17.5 Å². The van der Waals surface area contributed by atoms with Crippen LogP contribution in [0.15, 0.2) is 36.4 Å². The Bertz CT molecular complexity index is 1340.